The van der Waals surface area contributed by atoms with Gasteiger partial charge >= 0.3 is 0 Å². The molecular formula is C12H18N2O2S. The molecule has 1 aromatic rings. The first-order chi connectivity index (χ1) is 8.19. The average molecular weight is 254 g/mol. The van der Waals surface area contributed by atoms with E-state index in [0.29, 0.717) is 24.4 Å². The van der Waals surface area contributed by atoms with E-state index in [4.69, 9.17) is 10.5 Å². The molecule has 17 heavy (non-hydrogen) atoms. The lowest BCUT2D eigenvalue weighted by molar-refractivity contribution is 0.0956. The number of methoxy groups -OCH3 is 1. The van der Waals surface area contributed by atoms with E-state index in [-0.39, 0.29) is 5.91 Å². The number of carbonyl (C=O) groups is 1. The van der Waals surface area contributed by atoms with Crippen molar-refractivity contribution >= 4 is 23.4 Å². The molecule has 1 aromatic carbocycles. The molecule has 0 atom stereocenters. The minimum atomic E-state index is -0.0901. The number of thioether (sulfide) groups is 1. The molecule has 3 N–H and O–H groups in total. The molecule has 0 saturated carbocycles. The number of rotatable bonds is 6. The minimum Gasteiger partial charge on any atom is -0.398 e. The van der Waals surface area contributed by atoms with Crippen molar-refractivity contribution in [2.75, 3.05) is 31.7 Å². The number of carbonyl (C=O) groups excluding carboxylic acids is 1. The Labute approximate surface area is 106 Å². The molecule has 5 heteroatoms. The molecule has 0 spiro atoms. The smallest absolute Gasteiger partial charge is 0.251 e. The Balaban J connectivity index is 2.68. The Morgan fingerprint density at radius 1 is 1.53 bits per heavy atom. The molecule has 0 heterocycles. The third-order valence-electron chi connectivity index (χ3n) is 2.15. The van der Waals surface area contributed by atoms with Crippen molar-refractivity contribution < 1.29 is 9.53 Å². The zero-order valence-electron chi connectivity index (χ0n) is 10.2. The van der Waals surface area contributed by atoms with Crippen LogP contribution in [0.25, 0.3) is 0 Å². The monoisotopic (exact) mass is 254 g/mol. The van der Waals surface area contributed by atoms with Crippen molar-refractivity contribution in [2.45, 2.75) is 11.8 Å². The van der Waals surface area contributed by atoms with Crippen LogP contribution in [0.5, 0.6) is 0 Å². The van der Waals surface area contributed by atoms with Crippen molar-refractivity contribution in [1.29, 1.82) is 0 Å². The molecule has 94 valence electrons. The van der Waals surface area contributed by atoms with E-state index in [9.17, 15) is 4.79 Å². The zero-order chi connectivity index (χ0) is 12.7. The summed E-state index contributed by atoms with van der Waals surface area (Å²) >= 11 is 1.62. The van der Waals surface area contributed by atoms with E-state index in [1.165, 1.54) is 0 Å². The molecule has 0 unspecified atom stereocenters. The summed E-state index contributed by atoms with van der Waals surface area (Å²) in [5.41, 5.74) is 7.13. The first kappa shape index (κ1) is 13.9. The Hall–Kier alpha value is -1.20. The van der Waals surface area contributed by atoms with Gasteiger partial charge in [0.25, 0.3) is 5.91 Å². The number of nitrogens with two attached hydrogens (primary N) is 1. The van der Waals surface area contributed by atoms with Crippen LogP contribution in [0.4, 0.5) is 5.69 Å². The van der Waals surface area contributed by atoms with Gasteiger partial charge in [0.15, 0.2) is 0 Å². The van der Waals surface area contributed by atoms with Crippen LogP contribution < -0.4 is 11.1 Å². The van der Waals surface area contributed by atoms with Gasteiger partial charge in [-0.3, -0.25) is 4.79 Å². The Morgan fingerprint density at radius 3 is 2.88 bits per heavy atom. The third kappa shape index (κ3) is 4.28. The van der Waals surface area contributed by atoms with Crippen molar-refractivity contribution in [1.82, 2.24) is 5.32 Å². The predicted molar refractivity (Wildman–Crippen MR) is 71.5 cm³/mol. The van der Waals surface area contributed by atoms with Crippen LogP contribution in [0.1, 0.15) is 17.3 Å². The molecule has 0 aliphatic heterocycles. The fourth-order valence-electron chi connectivity index (χ4n) is 1.32. The van der Waals surface area contributed by atoms with Gasteiger partial charge in [0.05, 0.1) is 6.61 Å². The quantitative estimate of drug-likeness (QED) is 0.461. The molecule has 1 amide bonds. The van der Waals surface area contributed by atoms with Gasteiger partial charge in [-0.25, -0.2) is 0 Å². The highest BCUT2D eigenvalue weighted by atomic mass is 32.2. The lowest BCUT2D eigenvalue weighted by atomic mass is 10.2. The summed E-state index contributed by atoms with van der Waals surface area (Å²) in [7, 11) is 1.67. The Bertz CT molecular complexity index is 383. The second kappa shape index (κ2) is 7.19. The number of hydrogen-bond acceptors (Lipinski definition) is 4. The van der Waals surface area contributed by atoms with Gasteiger partial charge < -0.3 is 15.8 Å². The van der Waals surface area contributed by atoms with Crippen molar-refractivity contribution in [3.63, 3.8) is 0 Å². The summed E-state index contributed by atoms with van der Waals surface area (Å²) in [5.74, 6) is 0.758. The maximum absolute atomic E-state index is 11.6. The molecule has 0 aliphatic rings. The average Bonchev–Trinajstić information content (AvgIpc) is 2.31. The summed E-state index contributed by atoms with van der Waals surface area (Å²) in [6, 6.07) is 5.37. The maximum atomic E-state index is 11.6. The van der Waals surface area contributed by atoms with Gasteiger partial charge in [-0.2, -0.15) is 0 Å². The Morgan fingerprint density at radius 2 is 2.29 bits per heavy atom. The van der Waals surface area contributed by atoms with E-state index in [1.54, 1.807) is 31.0 Å². The SMILES string of the molecule is CCNC(=O)c1ccc(SCCOC)c(N)c1. The lowest BCUT2D eigenvalue weighted by Gasteiger charge is -2.07. The largest absolute Gasteiger partial charge is 0.398 e. The molecule has 0 radical (unpaired) electrons. The third-order valence-corrected chi connectivity index (χ3v) is 3.21. The number of nitrogen functional groups attached to an aromatic ring is 1. The summed E-state index contributed by atoms with van der Waals surface area (Å²) in [6.45, 7) is 3.18. The summed E-state index contributed by atoms with van der Waals surface area (Å²) < 4.78 is 4.97. The summed E-state index contributed by atoms with van der Waals surface area (Å²) in [4.78, 5) is 12.6. The van der Waals surface area contributed by atoms with E-state index in [2.05, 4.69) is 5.32 Å². The van der Waals surface area contributed by atoms with E-state index in [0.717, 1.165) is 10.6 Å². The van der Waals surface area contributed by atoms with Crippen LogP contribution >= 0.6 is 11.8 Å². The standard InChI is InChI=1S/C12H18N2O2S/c1-3-14-12(15)9-4-5-11(10(13)8-9)17-7-6-16-2/h4-5,8H,3,6-7,13H2,1-2H3,(H,14,15). The van der Waals surface area contributed by atoms with E-state index < -0.39 is 0 Å². The highest BCUT2D eigenvalue weighted by Gasteiger charge is 2.07. The normalized spacial score (nSPS) is 10.2. The fraction of sp³-hybridized carbons (Fsp3) is 0.417. The highest BCUT2D eigenvalue weighted by molar-refractivity contribution is 7.99. The molecule has 0 fully saturated rings. The maximum Gasteiger partial charge on any atom is 0.251 e. The highest BCUT2D eigenvalue weighted by Crippen LogP contribution is 2.25. The predicted octanol–water partition coefficient (Wildman–Crippen LogP) is 1.76. The van der Waals surface area contributed by atoms with Gasteiger partial charge in [-0.15, -0.1) is 11.8 Å². The molecule has 4 nitrogen and oxygen atoms in total. The van der Waals surface area contributed by atoms with Gasteiger partial charge in [0.1, 0.15) is 0 Å². The van der Waals surface area contributed by atoms with Crippen molar-refractivity contribution in [3.05, 3.63) is 23.8 Å². The summed E-state index contributed by atoms with van der Waals surface area (Å²) in [5, 5.41) is 2.74. The number of nitrogens with one attached hydrogen (secondary N) is 1. The van der Waals surface area contributed by atoms with Crippen LogP contribution in [-0.4, -0.2) is 31.9 Å². The van der Waals surface area contributed by atoms with Gasteiger partial charge in [0, 0.05) is 35.6 Å². The number of ether oxygens (including phenoxy) is 1. The number of hydrogen-bond donors (Lipinski definition) is 2. The number of amides is 1. The van der Waals surface area contributed by atoms with Crippen LogP contribution in [0.15, 0.2) is 23.1 Å². The number of anilines is 1. The topological polar surface area (TPSA) is 64.3 Å². The first-order valence-electron chi connectivity index (χ1n) is 5.48. The molecule has 1 rings (SSSR count). The zero-order valence-corrected chi connectivity index (χ0v) is 11.0. The summed E-state index contributed by atoms with van der Waals surface area (Å²) in [6.07, 6.45) is 0. The molecule has 0 aromatic heterocycles. The van der Waals surface area contributed by atoms with Gasteiger partial charge in [-0.05, 0) is 25.1 Å². The molecule has 0 bridgehead atoms. The molecular weight excluding hydrogens is 236 g/mol. The van der Waals surface area contributed by atoms with Crippen LogP contribution in [0.3, 0.4) is 0 Å². The van der Waals surface area contributed by atoms with E-state index >= 15 is 0 Å². The number of benzene rings is 1. The second-order valence-corrected chi connectivity index (χ2v) is 4.59. The van der Waals surface area contributed by atoms with E-state index in [1.807, 2.05) is 13.0 Å². The van der Waals surface area contributed by atoms with Crippen LogP contribution in [-0.2, 0) is 4.74 Å². The molecule has 0 saturated heterocycles. The Kier molecular flexibility index (Phi) is 5.86. The lowest BCUT2D eigenvalue weighted by Crippen LogP contribution is -2.22. The van der Waals surface area contributed by atoms with Crippen LogP contribution in [0.2, 0.25) is 0 Å². The van der Waals surface area contributed by atoms with Gasteiger partial charge in [0.2, 0.25) is 0 Å². The van der Waals surface area contributed by atoms with Crippen LogP contribution in [0, 0.1) is 0 Å². The first-order valence-corrected chi connectivity index (χ1v) is 6.47. The minimum absolute atomic E-state index is 0.0901. The second-order valence-electron chi connectivity index (χ2n) is 3.45. The van der Waals surface area contributed by atoms with Crippen molar-refractivity contribution in [2.24, 2.45) is 0 Å². The fourth-order valence-corrected chi connectivity index (χ4v) is 2.18. The molecule has 0 aliphatic carbocycles. The van der Waals surface area contributed by atoms with Crippen molar-refractivity contribution in [3.8, 4) is 0 Å². The van der Waals surface area contributed by atoms with Gasteiger partial charge in [-0.1, -0.05) is 0 Å².